The summed E-state index contributed by atoms with van der Waals surface area (Å²) in [6, 6.07) is 9.19. The highest BCUT2D eigenvalue weighted by molar-refractivity contribution is 5.95. The molecule has 2 aromatic rings. The lowest BCUT2D eigenvalue weighted by Crippen LogP contribution is -2.36. The lowest BCUT2D eigenvalue weighted by Gasteiger charge is -2.10. The van der Waals surface area contributed by atoms with E-state index in [4.69, 9.17) is 15.9 Å². The quantitative estimate of drug-likeness (QED) is 0.655. The fourth-order valence-corrected chi connectivity index (χ4v) is 1.80. The molecule has 2 rings (SSSR count). The first-order valence-corrected chi connectivity index (χ1v) is 5.97. The van der Waals surface area contributed by atoms with Gasteiger partial charge >= 0.3 is 11.9 Å². The third-order valence-corrected chi connectivity index (χ3v) is 2.93. The minimum atomic E-state index is -1.07. The van der Waals surface area contributed by atoms with E-state index in [2.05, 4.69) is 5.32 Å². The number of hydrogen-bond acceptors (Lipinski definition) is 4. The van der Waals surface area contributed by atoms with Gasteiger partial charge in [-0.05, 0) is 35.0 Å². The van der Waals surface area contributed by atoms with Gasteiger partial charge in [-0.3, -0.25) is 4.79 Å². The zero-order chi connectivity index (χ0) is 14.7. The molecule has 0 aliphatic rings. The Morgan fingerprint density at radius 1 is 1.10 bits per heavy atom. The monoisotopic (exact) mass is 274 g/mol. The van der Waals surface area contributed by atoms with E-state index in [1.807, 2.05) is 6.07 Å². The highest BCUT2D eigenvalue weighted by Crippen LogP contribution is 2.20. The molecule has 0 heterocycles. The smallest absolute Gasteiger partial charge is 0.335 e. The molecule has 0 radical (unpaired) electrons. The van der Waals surface area contributed by atoms with E-state index in [-0.39, 0.29) is 12.1 Å². The average molecular weight is 274 g/mol. The maximum Gasteiger partial charge on any atom is 0.335 e. The van der Waals surface area contributed by atoms with E-state index in [9.17, 15) is 9.59 Å². The summed E-state index contributed by atoms with van der Waals surface area (Å²) in [6.07, 6.45) is 0. The van der Waals surface area contributed by atoms with Crippen LogP contribution in [0.15, 0.2) is 36.4 Å². The number of aromatic carboxylic acids is 1. The number of carbonyl (C=O) groups is 2. The molecule has 0 amide bonds. The second-order valence-corrected chi connectivity index (χ2v) is 4.41. The Hall–Kier alpha value is -2.60. The molecule has 0 bridgehead atoms. The molecule has 0 saturated heterocycles. The molecule has 0 aliphatic heterocycles. The Balaban J connectivity index is 2.19. The highest BCUT2D eigenvalue weighted by atomic mass is 16.4. The second-order valence-electron chi connectivity index (χ2n) is 4.41. The first-order chi connectivity index (χ1) is 9.47. The van der Waals surface area contributed by atoms with Crippen LogP contribution in [-0.2, 0) is 4.79 Å². The molecular formula is C14H14N2O4. The van der Waals surface area contributed by atoms with E-state index in [1.165, 1.54) is 6.07 Å². The summed E-state index contributed by atoms with van der Waals surface area (Å²) < 4.78 is 0. The molecule has 6 heteroatoms. The van der Waals surface area contributed by atoms with Crippen LogP contribution in [0.5, 0.6) is 0 Å². The van der Waals surface area contributed by atoms with Crippen LogP contribution in [0.4, 0.5) is 5.69 Å². The summed E-state index contributed by atoms with van der Waals surface area (Å²) in [5.41, 5.74) is 6.36. The lowest BCUT2D eigenvalue weighted by atomic mass is 10.1. The maximum atomic E-state index is 10.9. The van der Waals surface area contributed by atoms with Crippen molar-refractivity contribution >= 4 is 28.4 Å². The van der Waals surface area contributed by atoms with Crippen LogP contribution >= 0.6 is 0 Å². The number of fused-ring (bicyclic) bond motifs is 1. The van der Waals surface area contributed by atoms with Gasteiger partial charge in [-0.1, -0.05) is 12.1 Å². The highest BCUT2D eigenvalue weighted by Gasteiger charge is 2.10. The molecule has 104 valence electrons. The fourth-order valence-electron chi connectivity index (χ4n) is 1.80. The van der Waals surface area contributed by atoms with Crippen molar-refractivity contribution in [3.8, 4) is 0 Å². The molecule has 0 saturated carbocycles. The molecule has 5 N–H and O–H groups in total. The van der Waals surface area contributed by atoms with Gasteiger partial charge in [0.15, 0.2) is 0 Å². The number of nitrogens with two attached hydrogens (primary N) is 1. The third-order valence-electron chi connectivity index (χ3n) is 2.93. The zero-order valence-electron chi connectivity index (χ0n) is 10.5. The van der Waals surface area contributed by atoms with E-state index in [1.54, 1.807) is 24.3 Å². The van der Waals surface area contributed by atoms with Crippen LogP contribution in [-0.4, -0.2) is 34.7 Å². The topological polar surface area (TPSA) is 113 Å². The predicted molar refractivity (Wildman–Crippen MR) is 75.0 cm³/mol. The van der Waals surface area contributed by atoms with Gasteiger partial charge in [-0.15, -0.1) is 0 Å². The molecule has 20 heavy (non-hydrogen) atoms. The molecule has 1 atom stereocenters. The Kier molecular flexibility index (Phi) is 3.86. The van der Waals surface area contributed by atoms with E-state index >= 15 is 0 Å². The number of aliphatic carboxylic acids is 1. The maximum absolute atomic E-state index is 10.9. The van der Waals surface area contributed by atoms with Gasteiger partial charge < -0.3 is 21.3 Å². The zero-order valence-corrected chi connectivity index (χ0v) is 10.5. The van der Waals surface area contributed by atoms with Crippen molar-refractivity contribution < 1.29 is 19.8 Å². The van der Waals surface area contributed by atoms with Crippen molar-refractivity contribution in [1.82, 2.24) is 0 Å². The minimum Gasteiger partial charge on any atom is -0.480 e. The Bertz CT molecular complexity index is 669. The standard InChI is InChI=1S/C14H14N2O4/c15-12(14(19)20)7-16-11-4-3-8-5-10(13(17)18)2-1-9(8)6-11/h1-6,12,16H,7,15H2,(H,17,18)(H,19,20)/t12-/m0/s1. The van der Waals surface area contributed by atoms with Crippen LogP contribution in [0.2, 0.25) is 0 Å². The molecule has 0 aliphatic carbocycles. The molecule has 0 unspecified atom stereocenters. The van der Waals surface area contributed by atoms with Crippen LogP contribution < -0.4 is 11.1 Å². The number of benzene rings is 2. The van der Waals surface area contributed by atoms with Gasteiger partial charge in [0.2, 0.25) is 0 Å². The van der Waals surface area contributed by atoms with Crippen LogP contribution in [0, 0.1) is 0 Å². The van der Waals surface area contributed by atoms with Gasteiger partial charge in [-0.25, -0.2) is 4.79 Å². The Labute approximate surface area is 114 Å². The SMILES string of the molecule is N[C@@H](CNc1ccc2cc(C(=O)O)ccc2c1)C(=O)O. The predicted octanol–water partition coefficient (Wildman–Crippen LogP) is 1.36. The lowest BCUT2D eigenvalue weighted by molar-refractivity contribution is -0.138. The molecule has 6 nitrogen and oxygen atoms in total. The normalized spacial score (nSPS) is 12.1. The van der Waals surface area contributed by atoms with Gasteiger partial charge in [0.1, 0.15) is 6.04 Å². The van der Waals surface area contributed by atoms with Crippen molar-refractivity contribution in [2.75, 3.05) is 11.9 Å². The Morgan fingerprint density at radius 2 is 1.75 bits per heavy atom. The first kappa shape index (κ1) is 13.8. The van der Waals surface area contributed by atoms with Crippen LogP contribution in [0.3, 0.4) is 0 Å². The average Bonchev–Trinajstić information content (AvgIpc) is 2.43. The van der Waals surface area contributed by atoms with Crippen molar-refractivity contribution in [2.45, 2.75) is 6.04 Å². The van der Waals surface area contributed by atoms with Gasteiger partial charge in [0.05, 0.1) is 5.56 Å². The van der Waals surface area contributed by atoms with Crippen LogP contribution in [0.25, 0.3) is 10.8 Å². The number of nitrogens with one attached hydrogen (secondary N) is 1. The number of carboxylic acids is 2. The van der Waals surface area contributed by atoms with Crippen molar-refractivity contribution in [3.63, 3.8) is 0 Å². The van der Waals surface area contributed by atoms with E-state index in [0.29, 0.717) is 0 Å². The molecule has 0 spiro atoms. The number of hydrogen-bond donors (Lipinski definition) is 4. The van der Waals surface area contributed by atoms with Gasteiger partial charge in [0, 0.05) is 12.2 Å². The van der Waals surface area contributed by atoms with Crippen LogP contribution in [0.1, 0.15) is 10.4 Å². The van der Waals surface area contributed by atoms with E-state index < -0.39 is 18.0 Å². The molecule has 2 aromatic carbocycles. The number of anilines is 1. The summed E-state index contributed by atoms with van der Waals surface area (Å²) in [5, 5.41) is 22.2. The van der Waals surface area contributed by atoms with Gasteiger partial charge in [0.25, 0.3) is 0 Å². The number of rotatable bonds is 5. The molecule has 0 fully saturated rings. The van der Waals surface area contributed by atoms with Gasteiger partial charge in [-0.2, -0.15) is 0 Å². The summed E-state index contributed by atoms with van der Waals surface area (Å²) in [7, 11) is 0. The summed E-state index contributed by atoms with van der Waals surface area (Å²) in [6.45, 7) is 0.119. The second kappa shape index (κ2) is 5.58. The van der Waals surface area contributed by atoms with Crippen molar-refractivity contribution in [2.24, 2.45) is 5.73 Å². The van der Waals surface area contributed by atoms with Crippen molar-refractivity contribution in [3.05, 3.63) is 42.0 Å². The fraction of sp³-hybridized carbons (Fsp3) is 0.143. The summed E-state index contributed by atoms with van der Waals surface area (Å²) in [4.78, 5) is 21.5. The first-order valence-electron chi connectivity index (χ1n) is 5.97. The minimum absolute atomic E-state index is 0.119. The van der Waals surface area contributed by atoms with Crippen molar-refractivity contribution in [1.29, 1.82) is 0 Å². The largest absolute Gasteiger partial charge is 0.480 e. The summed E-state index contributed by atoms with van der Waals surface area (Å²) in [5.74, 6) is -2.04. The third kappa shape index (κ3) is 3.04. The number of carboxylic acid groups (broad SMARTS) is 2. The Morgan fingerprint density at radius 3 is 2.40 bits per heavy atom. The summed E-state index contributed by atoms with van der Waals surface area (Å²) >= 11 is 0. The van der Waals surface area contributed by atoms with E-state index in [0.717, 1.165) is 16.5 Å². The molecular weight excluding hydrogens is 260 g/mol. The molecule has 0 aromatic heterocycles.